The van der Waals surface area contributed by atoms with Crippen molar-refractivity contribution in [1.29, 1.82) is 0 Å². The fourth-order valence-corrected chi connectivity index (χ4v) is 6.28. The van der Waals surface area contributed by atoms with Crippen molar-refractivity contribution in [1.82, 2.24) is 10.6 Å². The summed E-state index contributed by atoms with van der Waals surface area (Å²) in [6.45, 7) is 3.32. The number of nitrogens with one attached hydrogen (secondary N) is 2. The minimum Gasteiger partial charge on any atom is -0.481 e. The molecule has 19 heteroatoms. The lowest BCUT2D eigenvalue weighted by Gasteiger charge is -2.12. The van der Waals surface area contributed by atoms with Crippen LogP contribution in [0.5, 0.6) is 0 Å². The Balaban J connectivity index is 3.61. The van der Waals surface area contributed by atoms with Gasteiger partial charge >= 0.3 is 11.9 Å². The van der Waals surface area contributed by atoms with E-state index in [0.29, 0.717) is 45.4 Å². The normalized spacial score (nSPS) is 11.6. The molecule has 0 radical (unpaired) electrons. The van der Waals surface area contributed by atoms with Crippen LogP contribution in [-0.4, -0.2) is 169 Å². The van der Waals surface area contributed by atoms with Crippen LogP contribution in [-0.2, 0) is 66.7 Å². The fourth-order valence-electron chi connectivity index (χ4n) is 6.28. The zero-order chi connectivity index (χ0) is 47.9. The fraction of sp³-hybridized carbons (Fsp3) is 0.848. The first-order valence-electron chi connectivity index (χ1n) is 23.7. The zero-order valence-corrected chi connectivity index (χ0v) is 39.0. The first-order valence-corrected chi connectivity index (χ1v) is 23.7. The molecule has 5 N–H and O–H groups in total. The van der Waals surface area contributed by atoms with E-state index < -0.39 is 17.9 Å². The van der Waals surface area contributed by atoms with Crippen LogP contribution in [0.15, 0.2) is 0 Å². The highest BCUT2D eigenvalue weighted by Gasteiger charge is 2.22. The van der Waals surface area contributed by atoms with Gasteiger partial charge in [-0.15, -0.1) is 0 Å². The number of aliphatic hydroxyl groups is 1. The number of aliphatic carboxylic acids is 2. The lowest BCUT2D eigenvalue weighted by atomic mass is 9.94. The predicted molar refractivity (Wildman–Crippen MR) is 240 cm³/mol. The number of ketones is 3. The molecule has 65 heavy (non-hydrogen) atoms. The molecule has 19 nitrogen and oxygen atoms in total. The van der Waals surface area contributed by atoms with Gasteiger partial charge in [0, 0.05) is 64.8 Å². The van der Waals surface area contributed by atoms with Crippen LogP contribution in [0, 0.1) is 5.92 Å². The summed E-state index contributed by atoms with van der Waals surface area (Å²) in [5.41, 5.74) is 0. The molecule has 0 aromatic rings. The molecule has 0 rings (SSSR count). The molecule has 378 valence electrons. The van der Waals surface area contributed by atoms with Gasteiger partial charge in [0.2, 0.25) is 11.8 Å². The minimum atomic E-state index is -1.08. The van der Waals surface area contributed by atoms with Crippen LogP contribution in [0.2, 0.25) is 0 Å². The van der Waals surface area contributed by atoms with Crippen LogP contribution in [0.25, 0.3) is 0 Å². The highest BCUT2D eigenvalue weighted by molar-refractivity contribution is 5.84. The monoisotopic (exact) mass is 935 g/mol. The molecule has 0 saturated heterocycles. The molecule has 0 aliphatic rings. The van der Waals surface area contributed by atoms with E-state index in [1.165, 1.54) is 19.3 Å². The summed E-state index contributed by atoms with van der Waals surface area (Å²) in [5.74, 6) is -3.51. The minimum absolute atomic E-state index is 0.00406. The number of unbranched alkanes of at least 4 members (excludes halogenated alkanes) is 11. The highest BCUT2D eigenvalue weighted by Crippen LogP contribution is 2.17. The van der Waals surface area contributed by atoms with Gasteiger partial charge in [0.05, 0.1) is 72.0 Å². The average Bonchev–Trinajstić information content (AvgIpc) is 3.27. The molecule has 0 aromatic heterocycles. The Morgan fingerprint density at radius 2 is 0.785 bits per heavy atom. The van der Waals surface area contributed by atoms with E-state index in [1.54, 1.807) is 0 Å². The van der Waals surface area contributed by atoms with Crippen molar-refractivity contribution >= 4 is 41.1 Å². The predicted octanol–water partition coefficient (Wildman–Crippen LogP) is 4.01. The van der Waals surface area contributed by atoms with Gasteiger partial charge in [0.1, 0.15) is 25.6 Å². The maximum atomic E-state index is 12.4. The number of carbonyl (C=O) groups is 7. The third-order valence-corrected chi connectivity index (χ3v) is 9.88. The van der Waals surface area contributed by atoms with Crippen molar-refractivity contribution in [2.45, 2.75) is 135 Å². The second kappa shape index (κ2) is 47.1. The maximum Gasteiger partial charge on any atom is 0.306 e. The standard InChI is InChI=1S/C46H82N2O17/c49-23-28-59-24-13-16-41(51)36-64-33-31-62-27-22-48-44(54)38-65-34-29-60-25-14-17-42(52)37-63-32-30-61-26-21-47-43(53)20-19-39(46(57)58)35-40(50)15-11-9-7-5-3-1-2-4-6-8-10-12-18-45(55)56/h39,49H,1-38H2,(H,47,53)(H,48,54)(H,55,56)(H,57,58)/t39-/m1/s1. The average molecular weight is 935 g/mol. The Morgan fingerprint density at radius 1 is 0.385 bits per heavy atom. The summed E-state index contributed by atoms with van der Waals surface area (Å²) in [6, 6.07) is 0. The van der Waals surface area contributed by atoms with Crippen LogP contribution < -0.4 is 10.6 Å². The van der Waals surface area contributed by atoms with Crippen LogP contribution in [0.1, 0.15) is 135 Å². The number of amides is 2. The number of ether oxygens (including phenoxy) is 7. The first-order chi connectivity index (χ1) is 31.5. The van der Waals surface area contributed by atoms with Gasteiger partial charge in [-0.25, -0.2) is 0 Å². The molecule has 2 amide bonds. The number of carboxylic acid groups (broad SMARTS) is 2. The molecule has 0 fully saturated rings. The molecular formula is C46H82N2O17. The van der Waals surface area contributed by atoms with Gasteiger partial charge in [-0.05, 0) is 32.1 Å². The van der Waals surface area contributed by atoms with Crippen molar-refractivity contribution < 1.29 is 82.0 Å². The highest BCUT2D eigenvalue weighted by atomic mass is 16.5. The van der Waals surface area contributed by atoms with Gasteiger partial charge in [-0.2, -0.15) is 0 Å². The van der Waals surface area contributed by atoms with E-state index in [2.05, 4.69) is 10.6 Å². The Labute approximate surface area is 386 Å². The largest absolute Gasteiger partial charge is 0.481 e. The summed E-state index contributed by atoms with van der Waals surface area (Å²) >= 11 is 0. The molecule has 0 aromatic carbocycles. The quantitative estimate of drug-likeness (QED) is 0.0539. The first kappa shape index (κ1) is 61.6. The number of carbonyl (C=O) groups excluding carboxylic acids is 5. The van der Waals surface area contributed by atoms with Crippen molar-refractivity contribution in [3.05, 3.63) is 0 Å². The van der Waals surface area contributed by atoms with Crippen molar-refractivity contribution in [3.8, 4) is 0 Å². The third-order valence-electron chi connectivity index (χ3n) is 9.88. The molecule has 0 saturated carbocycles. The van der Waals surface area contributed by atoms with Crippen molar-refractivity contribution in [3.63, 3.8) is 0 Å². The second-order valence-electron chi connectivity index (χ2n) is 15.8. The number of rotatable bonds is 52. The topological polar surface area (TPSA) is 269 Å². The molecule has 0 heterocycles. The summed E-state index contributed by atoms with van der Waals surface area (Å²) in [7, 11) is 0. The second-order valence-corrected chi connectivity index (χ2v) is 15.8. The summed E-state index contributed by atoms with van der Waals surface area (Å²) in [6.07, 6.45) is 14.8. The molecule has 0 bridgehead atoms. The van der Waals surface area contributed by atoms with Crippen LogP contribution in [0.4, 0.5) is 0 Å². The van der Waals surface area contributed by atoms with E-state index in [-0.39, 0.29) is 154 Å². The lowest BCUT2D eigenvalue weighted by Crippen LogP contribution is -2.31. The number of carboxylic acids is 2. The molecule has 0 unspecified atom stereocenters. The van der Waals surface area contributed by atoms with E-state index >= 15 is 0 Å². The van der Waals surface area contributed by atoms with E-state index in [9.17, 15) is 38.7 Å². The number of hydrogen-bond acceptors (Lipinski definition) is 15. The molecular weight excluding hydrogens is 853 g/mol. The smallest absolute Gasteiger partial charge is 0.306 e. The van der Waals surface area contributed by atoms with Crippen LogP contribution >= 0.6 is 0 Å². The van der Waals surface area contributed by atoms with E-state index in [4.69, 9.17) is 43.4 Å². The molecule has 0 aliphatic heterocycles. The maximum absolute atomic E-state index is 12.4. The number of hydrogen-bond donors (Lipinski definition) is 5. The Morgan fingerprint density at radius 3 is 1.26 bits per heavy atom. The van der Waals surface area contributed by atoms with Crippen molar-refractivity contribution in [2.24, 2.45) is 5.92 Å². The number of aliphatic hydroxyl groups excluding tert-OH is 1. The SMILES string of the molecule is O=C(O)CCCCCCCCCCCCCCC(=O)C[C@@H](CCC(=O)NCCOCCOCC(=O)CCCOCCOCC(=O)NCCOCCOCC(=O)CCCOCCO)C(=O)O. The molecule has 0 spiro atoms. The third kappa shape index (κ3) is 46.9. The van der Waals surface area contributed by atoms with Gasteiger partial charge in [-0.1, -0.05) is 64.2 Å². The van der Waals surface area contributed by atoms with Gasteiger partial charge in [0.15, 0.2) is 11.6 Å². The van der Waals surface area contributed by atoms with Crippen molar-refractivity contribution in [2.75, 3.05) is 112 Å². The Kier molecular flexibility index (Phi) is 44.6. The summed E-state index contributed by atoms with van der Waals surface area (Å²) in [5, 5.41) is 32.2. The lowest BCUT2D eigenvalue weighted by molar-refractivity contribution is -0.144. The van der Waals surface area contributed by atoms with Gasteiger partial charge in [-0.3, -0.25) is 33.6 Å². The molecule has 1 atom stereocenters. The zero-order valence-electron chi connectivity index (χ0n) is 39.0. The summed E-state index contributed by atoms with van der Waals surface area (Å²) in [4.78, 5) is 82.4. The summed E-state index contributed by atoms with van der Waals surface area (Å²) < 4.78 is 37.2. The number of Topliss-reactive ketones (excluding diaryl/α,β-unsaturated/α-hetero) is 3. The Bertz CT molecular complexity index is 1240. The van der Waals surface area contributed by atoms with E-state index in [1.807, 2.05) is 0 Å². The van der Waals surface area contributed by atoms with Gasteiger partial charge in [0.25, 0.3) is 0 Å². The van der Waals surface area contributed by atoms with Gasteiger partial charge < -0.3 is 59.1 Å². The molecule has 0 aliphatic carbocycles. The van der Waals surface area contributed by atoms with E-state index in [0.717, 1.165) is 57.8 Å². The Hall–Kier alpha value is -3.43. The van der Waals surface area contributed by atoms with Crippen LogP contribution in [0.3, 0.4) is 0 Å².